The highest BCUT2D eigenvalue weighted by Gasteiger charge is 2.24. The zero-order chi connectivity index (χ0) is 14.9. The van der Waals surface area contributed by atoms with Crippen LogP contribution >= 0.6 is 0 Å². The Labute approximate surface area is 126 Å². The van der Waals surface area contributed by atoms with E-state index in [4.69, 9.17) is 0 Å². The number of rotatable bonds is 3. The number of aromatic nitrogens is 4. The van der Waals surface area contributed by atoms with Crippen molar-refractivity contribution in [2.24, 2.45) is 0 Å². The van der Waals surface area contributed by atoms with Gasteiger partial charge in [-0.15, -0.1) is 0 Å². The molecule has 0 radical (unpaired) electrons. The number of amides is 1. The van der Waals surface area contributed by atoms with Crippen LogP contribution in [0.2, 0.25) is 0 Å². The van der Waals surface area contributed by atoms with E-state index >= 15 is 0 Å². The molecule has 7 heteroatoms. The Kier molecular flexibility index (Phi) is 2.96. The lowest BCUT2D eigenvalue weighted by Crippen LogP contribution is -2.27. The van der Waals surface area contributed by atoms with Gasteiger partial charge in [0, 0.05) is 24.6 Å². The molecule has 2 aromatic heterocycles. The molecular weight excluding hydrogens is 280 g/mol. The number of nitrogens with one attached hydrogen (secondary N) is 3. The standard InChI is InChI=1S/C15H14N6O/c22-12-5-9(10-3-1-2-4-11(10)21-12)6-16-14-13-15(18-7-17-13)20-8-19-14/h1-4,7-9H,5-6H2,(H,21,22)(H2,16,17,18,19,20)/t9-/m1/s1. The molecule has 3 heterocycles. The second kappa shape index (κ2) is 5.10. The summed E-state index contributed by atoms with van der Waals surface area (Å²) in [5.41, 5.74) is 3.43. The highest BCUT2D eigenvalue weighted by molar-refractivity contribution is 5.94. The number of fused-ring (bicyclic) bond motifs is 2. The van der Waals surface area contributed by atoms with Crippen LogP contribution in [0.25, 0.3) is 11.2 Å². The maximum Gasteiger partial charge on any atom is 0.225 e. The van der Waals surface area contributed by atoms with Crippen molar-refractivity contribution in [3.8, 4) is 0 Å². The number of carbonyl (C=O) groups is 1. The number of nitrogens with zero attached hydrogens (tertiary/aromatic N) is 3. The van der Waals surface area contributed by atoms with Crippen LogP contribution in [0.4, 0.5) is 11.5 Å². The number of carbonyl (C=O) groups excluding carboxylic acids is 1. The number of para-hydroxylation sites is 1. The van der Waals surface area contributed by atoms with E-state index < -0.39 is 0 Å². The summed E-state index contributed by atoms with van der Waals surface area (Å²) in [6.07, 6.45) is 3.53. The minimum atomic E-state index is 0.0416. The van der Waals surface area contributed by atoms with Gasteiger partial charge < -0.3 is 15.6 Å². The van der Waals surface area contributed by atoms with E-state index in [1.807, 2.05) is 24.3 Å². The Balaban J connectivity index is 1.59. The van der Waals surface area contributed by atoms with Gasteiger partial charge in [-0.3, -0.25) is 4.79 Å². The van der Waals surface area contributed by atoms with Crippen LogP contribution in [0, 0.1) is 0 Å². The predicted octanol–water partition coefficient (Wildman–Crippen LogP) is 1.89. The molecule has 0 bridgehead atoms. The quantitative estimate of drug-likeness (QED) is 0.685. The summed E-state index contributed by atoms with van der Waals surface area (Å²) in [6.45, 7) is 0.621. The average molecular weight is 294 g/mol. The summed E-state index contributed by atoms with van der Waals surface area (Å²) in [4.78, 5) is 27.3. The first-order valence-corrected chi connectivity index (χ1v) is 7.08. The molecule has 1 amide bonds. The fourth-order valence-electron chi connectivity index (χ4n) is 2.80. The van der Waals surface area contributed by atoms with Gasteiger partial charge in [0.2, 0.25) is 5.91 Å². The van der Waals surface area contributed by atoms with Gasteiger partial charge in [-0.25, -0.2) is 15.0 Å². The fraction of sp³-hybridized carbons (Fsp3) is 0.200. The molecule has 0 fully saturated rings. The lowest BCUT2D eigenvalue weighted by atomic mass is 9.90. The topological polar surface area (TPSA) is 95.6 Å². The van der Waals surface area contributed by atoms with Crippen molar-refractivity contribution in [2.45, 2.75) is 12.3 Å². The van der Waals surface area contributed by atoms with E-state index in [1.165, 1.54) is 6.33 Å². The number of hydrogen-bond acceptors (Lipinski definition) is 5. The molecule has 1 aliphatic rings. The summed E-state index contributed by atoms with van der Waals surface area (Å²) in [5, 5.41) is 6.21. The van der Waals surface area contributed by atoms with Crippen molar-refractivity contribution in [3.63, 3.8) is 0 Å². The van der Waals surface area contributed by atoms with Gasteiger partial charge in [-0.05, 0) is 11.6 Å². The number of imidazole rings is 1. The second-order valence-electron chi connectivity index (χ2n) is 5.24. The Morgan fingerprint density at radius 2 is 2.14 bits per heavy atom. The van der Waals surface area contributed by atoms with Crippen molar-refractivity contribution in [1.82, 2.24) is 19.9 Å². The first-order chi connectivity index (χ1) is 10.8. The zero-order valence-electron chi connectivity index (χ0n) is 11.7. The zero-order valence-corrected chi connectivity index (χ0v) is 11.7. The Morgan fingerprint density at radius 1 is 1.23 bits per heavy atom. The molecule has 4 rings (SSSR count). The van der Waals surface area contributed by atoms with Crippen LogP contribution in [0.15, 0.2) is 36.9 Å². The highest BCUT2D eigenvalue weighted by atomic mass is 16.1. The normalized spacial score (nSPS) is 17.1. The van der Waals surface area contributed by atoms with Gasteiger partial charge >= 0.3 is 0 Å². The van der Waals surface area contributed by atoms with Crippen molar-refractivity contribution >= 4 is 28.6 Å². The number of H-pyrrole nitrogens is 1. The van der Waals surface area contributed by atoms with E-state index in [0.29, 0.717) is 24.4 Å². The number of aromatic amines is 1. The van der Waals surface area contributed by atoms with E-state index in [9.17, 15) is 4.79 Å². The highest BCUT2D eigenvalue weighted by Crippen LogP contribution is 2.32. The van der Waals surface area contributed by atoms with Gasteiger partial charge in [0.25, 0.3) is 0 Å². The van der Waals surface area contributed by atoms with E-state index in [-0.39, 0.29) is 11.8 Å². The molecule has 0 spiro atoms. The van der Waals surface area contributed by atoms with Gasteiger partial charge in [-0.1, -0.05) is 18.2 Å². The van der Waals surface area contributed by atoms with Gasteiger partial charge in [0.05, 0.1) is 6.33 Å². The van der Waals surface area contributed by atoms with Crippen molar-refractivity contribution in [1.29, 1.82) is 0 Å². The van der Waals surface area contributed by atoms with Crippen LogP contribution in [-0.4, -0.2) is 32.4 Å². The molecule has 3 N–H and O–H groups in total. The van der Waals surface area contributed by atoms with Gasteiger partial charge in [-0.2, -0.15) is 0 Å². The van der Waals surface area contributed by atoms with E-state index in [0.717, 1.165) is 16.8 Å². The molecular formula is C15H14N6O. The Morgan fingerprint density at radius 3 is 3.09 bits per heavy atom. The van der Waals surface area contributed by atoms with Crippen LogP contribution in [0.3, 0.4) is 0 Å². The van der Waals surface area contributed by atoms with Crippen LogP contribution in [0.5, 0.6) is 0 Å². The Hall–Kier alpha value is -2.96. The minimum Gasteiger partial charge on any atom is -0.368 e. The molecule has 1 atom stereocenters. The number of benzene rings is 1. The van der Waals surface area contributed by atoms with Gasteiger partial charge in [0.1, 0.15) is 11.8 Å². The average Bonchev–Trinajstić information content (AvgIpc) is 3.01. The molecule has 7 nitrogen and oxygen atoms in total. The second-order valence-corrected chi connectivity index (χ2v) is 5.24. The van der Waals surface area contributed by atoms with E-state index in [1.54, 1.807) is 6.33 Å². The minimum absolute atomic E-state index is 0.0416. The van der Waals surface area contributed by atoms with Crippen molar-refractivity contribution < 1.29 is 4.79 Å². The van der Waals surface area contributed by atoms with E-state index in [2.05, 4.69) is 30.6 Å². The third-order valence-corrected chi connectivity index (χ3v) is 3.85. The summed E-state index contributed by atoms with van der Waals surface area (Å²) >= 11 is 0. The summed E-state index contributed by atoms with van der Waals surface area (Å²) in [6, 6.07) is 7.89. The molecule has 22 heavy (non-hydrogen) atoms. The molecule has 0 saturated carbocycles. The molecule has 0 unspecified atom stereocenters. The smallest absolute Gasteiger partial charge is 0.225 e. The lowest BCUT2D eigenvalue weighted by Gasteiger charge is -2.25. The van der Waals surface area contributed by atoms with Gasteiger partial charge in [0.15, 0.2) is 11.5 Å². The SMILES string of the molecule is O=C1C[C@H](CNc2ncnc3nc[nH]c23)c2ccccc2N1. The molecule has 3 aromatic rings. The molecule has 110 valence electrons. The van der Waals surface area contributed by atoms with Crippen molar-refractivity contribution in [2.75, 3.05) is 17.2 Å². The Bertz CT molecular complexity index is 843. The fourth-order valence-corrected chi connectivity index (χ4v) is 2.80. The predicted molar refractivity (Wildman–Crippen MR) is 82.6 cm³/mol. The molecule has 0 saturated heterocycles. The maximum atomic E-state index is 11.8. The van der Waals surface area contributed by atoms with Crippen LogP contribution < -0.4 is 10.6 Å². The lowest BCUT2D eigenvalue weighted by molar-refractivity contribution is -0.116. The molecule has 1 aliphatic heterocycles. The summed E-state index contributed by atoms with van der Waals surface area (Å²) < 4.78 is 0. The third-order valence-electron chi connectivity index (χ3n) is 3.85. The largest absolute Gasteiger partial charge is 0.368 e. The monoisotopic (exact) mass is 294 g/mol. The van der Waals surface area contributed by atoms with Crippen LogP contribution in [0.1, 0.15) is 17.9 Å². The molecule has 0 aliphatic carbocycles. The number of anilines is 2. The summed E-state index contributed by atoms with van der Waals surface area (Å²) in [7, 11) is 0. The first-order valence-electron chi connectivity index (χ1n) is 7.08. The maximum absolute atomic E-state index is 11.8. The number of hydrogen-bond donors (Lipinski definition) is 3. The third kappa shape index (κ3) is 2.16. The summed E-state index contributed by atoms with van der Waals surface area (Å²) in [5.74, 6) is 0.851. The van der Waals surface area contributed by atoms with Crippen molar-refractivity contribution in [3.05, 3.63) is 42.5 Å². The first kappa shape index (κ1) is 12.8. The van der Waals surface area contributed by atoms with Crippen LogP contribution in [-0.2, 0) is 4.79 Å². The molecule has 1 aromatic carbocycles.